The molecular formula is C22H21N7O4. The number of nitrogens with zero attached hydrogens (tertiary/aromatic N) is 7. The average molecular weight is 447 g/mol. The van der Waals surface area contributed by atoms with Crippen molar-refractivity contribution in [3.63, 3.8) is 0 Å². The molecule has 0 aromatic carbocycles. The summed E-state index contributed by atoms with van der Waals surface area (Å²) < 4.78 is 18.1. The maximum atomic E-state index is 11.9. The Morgan fingerprint density at radius 3 is 2.94 bits per heavy atom. The highest BCUT2D eigenvalue weighted by Crippen LogP contribution is 2.28. The first kappa shape index (κ1) is 20.6. The monoisotopic (exact) mass is 447 g/mol. The van der Waals surface area contributed by atoms with Crippen molar-refractivity contribution in [2.45, 2.75) is 26.5 Å². The van der Waals surface area contributed by atoms with Crippen LogP contribution in [0.15, 0.2) is 41.4 Å². The number of rotatable bonds is 6. The minimum Gasteiger partial charge on any atom is -0.491 e. The number of hydrogen-bond acceptors (Lipinski definition) is 9. The van der Waals surface area contributed by atoms with Gasteiger partial charge in [-0.2, -0.15) is 4.52 Å². The molecule has 0 radical (unpaired) electrons. The molecule has 0 atom stereocenters. The van der Waals surface area contributed by atoms with Crippen molar-refractivity contribution in [2.24, 2.45) is 0 Å². The Morgan fingerprint density at radius 2 is 2.18 bits per heavy atom. The van der Waals surface area contributed by atoms with Gasteiger partial charge in [-0.25, -0.2) is 0 Å². The summed E-state index contributed by atoms with van der Waals surface area (Å²) in [6.07, 6.45) is 2.01. The molecule has 0 fully saturated rings. The lowest BCUT2D eigenvalue weighted by Gasteiger charge is -2.27. The summed E-state index contributed by atoms with van der Waals surface area (Å²) in [5, 5.41) is 16.8. The van der Waals surface area contributed by atoms with Gasteiger partial charge in [-0.05, 0) is 24.6 Å². The lowest BCUT2D eigenvalue weighted by molar-refractivity contribution is -0.126. The number of carbonyl (C=O) groups is 1. The number of hydrogen-bond donors (Lipinski definition) is 0. The van der Waals surface area contributed by atoms with Crippen LogP contribution in [0.1, 0.15) is 22.7 Å². The molecule has 168 valence electrons. The van der Waals surface area contributed by atoms with Crippen LogP contribution in [0.2, 0.25) is 0 Å². The van der Waals surface area contributed by atoms with Crippen molar-refractivity contribution in [1.29, 1.82) is 0 Å². The fourth-order valence-electron chi connectivity index (χ4n) is 3.68. The van der Waals surface area contributed by atoms with Crippen molar-refractivity contribution in [3.05, 3.63) is 59.6 Å². The van der Waals surface area contributed by atoms with E-state index in [2.05, 4.69) is 27.0 Å². The lowest BCUT2D eigenvalue weighted by Crippen LogP contribution is -2.35. The molecule has 4 aromatic rings. The van der Waals surface area contributed by atoms with Crippen LogP contribution < -0.4 is 9.47 Å². The largest absolute Gasteiger partial charge is 0.491 e. The smallest absolute Gasteiger partial charge is 0.275 e. The van der Waals surface area contributed by atoms with Crippen LogP contribution >= 0.6 is 0 Å². The van der Waals surface area contributed by atoms with E-state index in [1.165, 1.54) is 17.7 Å². The van der Waals surface area contributed by atoms with Crippen molar-refractivity contribution >= 4 is 11.6 Å². The van der Waals surface area contributed by atoms with Gasteiger partial charge in [0, 0.05) is 37.3 Å². The number of amides is 1. The Kier molecular flexibility index (Phi) is 5.21. The summed E-state index contributed by atoms with van der Waals surface area (Å²) in [7, 11) is 1.53. The maximum absolute atomic E-state index is 11.9. The first-order valence-electron chi connectivity index (χ1n) is 10.3. The molecular weight excluding hydrogens is 426 g/mol. The van der Waals surface area contributed by atoms with Gasteiger partial charge in [-0.15, -0.1) is 15.3 Å². The Bertz CT molecular complexity index is 1360. The second-order valence-electron chi connectivity index (χ2n) is 7.55. The normalized spacial score (nSPS) is 13.1. The first-order chi connectivity index (χ1) is 16.1. The third-order valence-corrected chi connectivity index (χ3v) is 5.35. The maximum Gasteiger partial charge on any atom is 0.275 e. The van der Waals surface area contributed by atoms with Crippen LogP contribution in [0, 0.1) is 6.92 Å². The van der Waals surface area contributed by atoms with Gasteiger partial charge in [0.15, 0.2) is 17.1 Å². The van der Waals surface area contributed by atoms with Crippen LogP contribution in [-0.2, 0) is 24.4 Å². The van der Waals surface area contributed by atoms with E-state index in [1.54, 1.807) is 24.0 Å². The van der Waals surface area contributed by atoms with E-state index in [1.807, 2.05) is 12.1 Å². The van der Waals surface area contributed by atoms with Gasteiger partial charge in [0.25, 0.3) is 5.88 Å². The highest BCUT2D eigenvalue weighted by Gasteiger charge is 2.21. The number of carbonyl (C=O) groups excluding carboxylic acids is 1. The molecule has 33 heavy (non-hydrogen) atoms. The highest BCUT2D eigenvalue weighted by atomic mass is 16.5. The van der Waals surface area contributed by atoms with Crippen LogP contribution in [0.5, 0.6) is 11.6 Å². The van der Waals surface area contributed by atoms with E-state index < -0.39 is 0 Å². The standard InChI is InChI=1S/C22H21N7O4/c1-4-20(30)28-8-7-16-14(11-28)5-6-15(23-16)12-32-22-18(31-3)10-19-24-25-21(29(19)26-22)17-9-13(2)33-27-17/h4-6,9-10H,1,7-8,11-12H2,2-3H3. The average Bonchev–Trinajstić information content (AvgIpc) is 3.46. The minimum atomic E-state index is -0.0734. The lowest BCUT2D eigenvalue weighted by atomic mass is 10.0. The fourth-order valence-corrected chi connectivity index (χ4v) is 3.68. The van der Waals surface area contributed by atoms with Crippen molar-refractivity contribution in [1.82, 2.24) is 34.9 Å². The molecule has 0 spiro atoms. The molecule has 1 amide bonds. The second-order valence-corrected chi connectivity index (χ2v) is 7.55. The number of aryl methyl sites for hydroxylation is 1. The molecule has 5 rings (SSSR count). The van der Waals surface area contributed by atoms with Gasteiger partial charge < -0.3 is 18.9 Å². The van der Waals surface area contributed by atoms with Crippen LogP contribution in [0.25, 0.3) is 17.2 Å². The van der Waals surface area contributed by atoms with Gasteiger partial charge >= 0.3 is 0 Å². The summed E-state index contributed by atoms with van der Waals surface area (Å²) in [6.45, 7) is 6.68. The van der Waals surface area contributed by atoms with E-state index in [9.17, 15) is 4.79 Å². The third kappa shape index (κ3) is 3.88. The fraction of sp³-hybridized carbons (Fsp3) is 0.273. The SMILES string of the molecule is C=CC(=O)N1CCc2nc(COc3nn4c(-c5cc(C)on5)nnc4cc3OC)ccc2C1. The van der Waals surface area contributed by atoms with Gasteiger partial charge in [-0.1, -0.05) is 17.8 Å². The molecule has 1 aliphatic rings. The molecule has 0 unspecified atom stereocenters. The number of ether oxygens (including phenoxy) is 2. The van der Waals surface area contributed by atoms with Gasteiger partial charge in [0.2, 0.25) is 11.7 Å². The Hall–Kier alpha value is -4.28. The van der Waals surface area contributed by atoms with E-state index in [-0.39, 0.29) is 18.4 Å². The predicted octanol–water partition coefficient (Wildman–Crippen LogP) is 2.14. The van der Waals surface area contributed by atoms with Crippen molar-refractivity contribution in [3.8, 4) is 23.1 Å². The first-order valence-corrected chi connectivity index (χ1v) is 10.3. The van der Waals surface area contributed by atoms with Crippen LogP contribution in [0.3, 0.4) is 0 Å². The molecule has 1 aliphatic heterocycles. The Balaban J connectivity index is 1.38. The van der Waals surface area contributed by atoms with Gasteiger partial charge in [0.05, 0.1) is 12.8 Å². The summed E-state index contributed by atoms with van der Waals surface area (Å²) in [4.78, 5) is 18.3. The van der Waals surface area contributed by atoms with Crippen LogP contribution in [-0.4, -0.2) is 54.4 Å². The Morgan fingerprint density at radius 1 is 1.30 bits per heavy atom. The van der Waals surface area contributed by atoms with E-state index in [0.717, 1.165) is 17.0 Å². The minimum absolute atomic E-state index is 0.0734. The zero-order chi connectivity index (χ0) is 22.9. The predicted molar refractivity (Wildman–Crippen MR) is 115 cm³/mol. The van der Waals surface area contributed by atoms with Crippen molar-refractivity contribution < 1.29 is 18.8 Å². The molecule has 5 heterocycles. The highest BCUT2D eigenvalue weighted by molar-refractivity contribution is 5.87. The summed E-state index contributed by atoms with van der Waals surface area (Å²) in [6, 6.07) is 7.30. The third-order valence-electron chi connectivity index (χ3n) is 5.35. The van der Waals surface area contributed by atoms with Gasteiger partial charge in [-0.3, -0.25) is 9.78 Å². The summed E-state index contributed by atoms with van der Waals surface area (Å²) in [5.74, 6) is 1.71. The van der Waals surface area contributed by atoms with Gasteiger partial charge in [0.1, 0.15) is 12.4 Å². The van der Waals surface area contributed by atoms with Crippen LogP contribution in [0.4, 0.5) is 0 Å². The number of fused-ring (bicyclic) bond motifs is 2. The molecule has 11 nitrogen and oxygen atoms in total. The molecule has 4 aromatic heterocycles. The molecule has 0 bridgehead atoms. The number of aromatic nitrogens is 6. The van der Waals surface area contributed by atoms with E-state index in [0.29, 0.717) is 48.2 Å². The molecule has 11 heteroatoms. The summed E-state index contributed by atoms with van der Waals surface area (Å²) in [5.41, 5.74) is 3.73. The quantitative estimate of drug-likeness (QED) is 0.409. The molecule has 0 N–H and O–H groups in total. The molecule has 0 aliphatic carbocycles. The molecule has 0 saturated heterocycles. The zero-order valence-electron chi connectivity index (χ0n) is 18.2. The van der Waals surface area contributed by atoms with E-state index >= 15 is 0 Å². The zero-order valence-corrected chi connectivity index (χ0v) is 18.2. The summed E-state index contributed by atoms with van der Waals surface area (Å²) >= 11 is 0. The van der Waals surface area contributed by atoms with Crippen molar-refractivity contribution in [2.75, 3.05) is 13.7 Å². The number of methoxy groups -OCH3 is 1. The molecule has 0 saturated carbocycles. The Labute approximate surface area is 188 Å². The number of pyridine rings is 1. The second kappa shape index (κ2) is 8.34. The van der Waals surface area contributed by atoms with E-state index in [4.69, 9.17) is 19.0 Å². The topological polar surface area (TPSA) is 121 Å².